The number of ether oxygens (including phenoxy) is 4. The second-order valence-corrected chi connectivity index (χ2v) is 13.9. The number of aromatic nitrogens is 4. The van der Waals surface area contributed by atoms with E-state index in [4.69, 9.17) is 18.9 Å². The van der Waals surface area contributed by atoms with Gasteiger partial charge in [-0.25, -0.2) is 9.97 Å². The molecule has 6 aromatic rings. The van der Waals surface area contributed by atoms with Crippen molar-refractivity contribution in [2.75, 3.05) is 19.8 Å². The lowest BCUT2D eigenvalue weighted by molar-refractivity contribution is -0.136. The van der Waals surface area contributed by atoms with Crippen molar-refractivity contribution in [2.45, 2.75) is 50.5 Å². The van der Waals surface area contributed by atoms with E-state index in [1.165, 1.54) is 4.90 Å². The first kappa shape index (κ1) is 35.0. The van der Waals surface area contributed by atoms with E-state index in [9.17, 15) is 14.4 Å². The number of piperidine rings is 1. The molecule has 0 spiro atoms. The number of H-pyrrole nitrogens is 1. The molecule has 1 atom stereocenters. The van der Waals surface area contributed by atoms with Crippen LogP contribution in [0, 0.1) is 11.8 Å². The van der Waals surface area contributed by atoms with Gasteiger partial charge in [0.1, 0.15) is 48.7 Å². The lowest BCUT2D eigenvalue weighted by atomic mass is 9.92. The normalized spacial score (nSPS) is 18.9. The zero-order valence-electron chi connectivity index (χ0n) is 30.2. The molecule has 1 unspecified atom stereocenters. The first-order valence-corrected chi connectivity index (χ1v) is 18.5. The van der Waals surface area contributed by atoms with Crippen LogP contribution in [0.4, 0.5) is 0 Å². The summed E-state index contributed by atoms with van der Waals surface area (Å²) in [5.74, 6) is 6.76. The van der Waals surface area contributed by atoms with Gasteiger partial charge < -0.3 is 28.8 Å². The van der Waals surface area contributed by atoms with Gasteiger partial charge in [-0.1, -0.05) is 24.1 Å². The maximum absolute atomic E-state index is 13.0. The Kier molecular flexibility index (Phi) is 9.46. The summed E-state index contributed by atoms with van der Waals surface area (Å²) >= 11 is 0. The van der Waals surface area contributed by atoms with Gasteiger partial charge in [0, 0.05) is 83.4 Å². The molecule has 3 amide bonds. The van der Waals surface area contributed by atoms with Gasteiger partial charge in [0.05, 0.1) is 12.8 Å². The molecule has 3 aliphatic rings. The van der Waals surface area contributed by atoms with Crippen molar-refractivity contribution in [3.8, 4) is 40.3 Å². The molecule has 2 N–H and O–H groups in total. The number of amides is 3. The number of aromatic amines is 1. The molecule has 4 aromatic heterocycles. The average Bonchev–Trinajstić information content (AvgIpc) is 3.74. The molecular formula is C43H36N6O7. The first-order valence-electron chi connectivity index (χ1n) is 18.5. The number of carbonyl (C=O) groups is 3. The predicted molar refractivity (Wildman–Crippen MR) is 205 cm³/mol. The summed E-state index contributed by atoms with van der Waals surface area (Å²) in [7, 11) is 0. The van der Waals surface area contributed by atoms with Gasteiger partial charge in [0.25, 0.3) is 5.91 Å². The minimum atomic E-state index is -0.650. The van der Waals surface area contributed by atoms with E-state index < -0.39 is 11.9 Å². The summed E-state index contributed by atoms with van der Waals surface area (Å²) < 4.78 is 23.6. The fourth-order valence-electron chi connectivity index (χ4n) is 7.23. The molecule has 1 saturated carbocycles. The van der Waals surface area contributed by atoms with Gasteiger partial charge in [0.15, 0.2) is 0 Å². The quantitative estimate of drug-likeness (QED) is 0.100. The number of fused-ring (bicyclic) bond motifs is 4. The number of nitrogens with one attached hydrogen (secondary N) is 2. The van der Waals surface area contributed by atoms with Crippen LogP contribution in [0.25, 0.3) is 32.9 Å². The van der Waals surface area contributed by atoms with E-state index in [1.807, 2.05) is 48.8 Å². The summed E-state index contributed by atoms with van der Waals surface area (Å²) in [6.45, 7) is 1.10. The van der Waals surface area contributed by atoms with Crippen molar-refractivity contribution >= 4 is 39.5 Å². The molecule has 1 aliphatic carbocycles. The number of nitrogens with zero attached hydrogens (tertiary/aromatic N) is 4. The third kappa shape index (κ3) is 7.34. The van der Waals surface area contributed by atoms with Crippen molar-refractivity contribution in [1.29, 1.82) is 0 Å². The smallest absolute Gasteiger partial charge is 0.255 e. The van der Waals surface area contributed by atoms with Crippen molar-refractivity contribution < 1.29 is 33.3 Å². The van der Waals surface area contributed by atoms with Crippen LogP contribution in [0.15, 0.2) is 91.5 Å². The van der Waals surface area contributed by atoms with Crippen LogP contribution in [0.1, 0.15) is 47.3 Å². The van der Waals surface area contributed by atoms with Gasteiger partial charge in [-0.3, -0.25) is 24.7 Å². The molecule has 13 heteroatoms. The number of carbonyl (C=O) groups excluding carboxylic acids is 3. The van der Waals surface area contributed by atoms with Crippen LogP contribution in [-0.4, -0.2) is 80.6 Å². The summed E-state index contributed by atoms with van der Waals surface area (Å²) in [4.78, 5) is 55.0. The van der Waals surface area contributed by atoms with E-state index in [2.05, 4.69) is 55.3 Å². The van der Waals surface area contributed by atoms with Gasteiger partial charge in [-0.05, 0) is 65.9 Å². The SMILES string of the molecule is O=C1CCC(N2Cc3ccc(OCCOCC#Cc4ccc(OC5CC(Oc6ccc(-c7ccc8c(c7)[nH]c7ccncc78)cn6)C5)cn4)cc3C2=O)C(=O)N1. The molecule has 0 radical (unpaired) electrons. The number of hydrogen-bond donors (Lipinski definition) is 2. The van der Waals surface area contributed by atoms with Crippen LogP contribution in [-0.2, 0) is 20.9 Å². The molecule has 2 aromatic carbocycles. The van der Waals surface area contributed by atoms with E-state index in [0.717, 1.165) is 51.3 Å². The maximum atomic E-state index is 13.0. The lowest BCUT2D eigenvalue weighted by Crippen LogP contribution is -2.52. The highest BCUT2D eigenvalue weighted by molar-refractivity contribution is 6.08. The van der Waals surface area contributed by atoms with Crippen molar-refractivity contribution in [3.05, 3.63) is 108 Å². The van der Waals surface area contributed by atoms with E-state index in [1.54, 1.807) is 24.5 Å². The van der Waals surface area contributed by atoms with Gasteiger partial charge in [-0.2, -0.15) is 0 Å². The average molecular weight is 749 g/mol. The second-order valence-electron chi connectivity index (χ2n) is 13.9. The molecule has 1 saturated heterocycles. The second kappa shape index (κ2) is 15.2. The standard InChI is InChI=1S/C43H36N6O7/c50-40-11-10-39(42(51)48-40)49-25-28-3-7-30(21-35(28)43(49)52)54-17-16-53-15-1-2-29-6-8-31(23-45-29)55-32-19-33(20-32)56-41-12-5-27(22-46-41)26-4-9-34-36-24-44-14-13-37(36)47-38(34)18-26/h3-9,12-14,18,21-24,32-33,39,47H,10-11,15-17,19-20,25H2,(H,48,50,51). The molecule has 2 fully saturated rings. The Labute approximate surface area is 321 Å². The fraction of sp³-hybridized carbons (Fsp3) is 0.256. The van der Waals surface area contributed by atoms with Gasteiger partial charge in [0.2, 0.25) is 17.7 Å². The zero-order valence-corrected chi connectivity index (χ0v) is 30.2. The Morgan fingerprint density at radius 3 is 2.52 bits per heavy atom. The molecule has 2 aliphatic heterocycles. The summed E-state index contributed by atoms with van der Waals surface area (Å²) in [6, 6.07) is 20.6. The van der Waals surface area contributed by atoms with Crippen molar-refractivity contribution in [2.24, 2.45) is 0 Å². The monoisotopic (exact) mass is 748 g/mol. The topological polar surface area (TPSA) is 158 Å². The Bertz CT molecular complexity index is 2520. The summed E-state index contributed by atoms with van der Waals surface area (Å²) in [6.07, 6.45) is 9.31. The minimum absolute atomic E-state index is 0.0357. The summed E-state index contributed by atoms with van der Waals surface area (Å²) in [5.41, 5.74) is 6.14. The van der Waals surface area contributed by atoms with Crippen LogP contribution in [0.3, 0.4) is 0 Å². The molecule has 13 nitrogen and oxygen atoms in total. The fourth-order valence-corrected chi connectivity index (χ4v) is 7.23. The first-order chi connectivity index (χ1) is 27.4. The van der Waals surface area contributed by atoms with Crippen LogP contribution in [0.2, 0.25) is 0 Å². The Hall–Kier alpha value is -6.78. The zero-order chi connectivity index (χ0) is 38.0. The van der Waals surface area contributed by atoms with Gasteiger partial charge in [-0.15, -0.1) is 0 Å². The van der Waals surface area contributed by atoms with E-state index >= 15 is 0 Å². The van der Waals surface area contributed by atoms with Crippen LogP contribution >= 0.6 is 0 Å². The minimum Gasteiger partial charge on any atom is -0.491 e. The number of rotatable bonds is 11. The molecule has 56 heavy (non-hydrogen) atoms. The number of pyridine rings is 3. The van der Waals surface area contributed by atoms with Crippen molar-refractivity contribution in [1.82, 2.24) is 30.2 Å². The number of benzene rings is 2. The third-order valence-electron chi connectivity index (χ3n) is 10.2. The molecule has 6 heterocycles. The number of hydrogen-bond acceptors (Lipinski definition) is 10. The van der Waals surface area contributed by atoms with E-state index in [-0.39, 0.29) is 43.7 Å². The summed E-state index contributed by atoms with van der Waals surface area (Å²) in [5, 5.41) is 4.57. The highest BCUT2D eigenvalue weighted by Gasteiger charge is 2.39. The Morgan fingerprint density at radius 2 is 1.68 bits per heavy atom. The Balaban J connectivity index is 0.673. The molecule has 280 valence electrons. The molecule has 9 rings (SSSR count). The van der Waals surface area contributed by atoms with Crippen LogP contribution in [0.5, 0.6) is 17.4 Å². The van der Waals surface area contributed by atoms with E-state index in [0.29, 0.717) is 48.2 Å². The molecular weight excluding hydrogens is 713 g/mol. The van der Waals surface area contributed by atoms with Gasteiger partial charge >= 0.3 is 0 Å². The van der Waals surface area contributed by atoms with Crippen molar-refractivity contribution in [3.63, 3.8) is 0 Å². The number of imide groups is 1. The highest BCUT2D eigenvalue weighted by Crippen LogP contribution is 2.33. The lowest BCUT2D eigenvalue weighted by Gasteiger charge is -2.34. The van der Waals surface area contributed by atoms with Crippen LogP contribution < -0.4 is 19.5 Å². The maximum Gasteiger partial charge on any atom is 0.255 e. The highest BCUT2D eigenvalue weighted by atomic mass is 16.5. The predicted octanol–water partition coefficient (Wildman–Crippen LogP) is 5.37. The Morgan fingerprint density at radius 1 is 0.804 bits per heavy atom. The largest absolute Gasteiger partial charge is 0.491 e. The third-order valence-corrected chi connectivity index (χ3v) is 10.2. The molecule has 0 bridgehead atoms.